The predicted molar refractivity (Wildman–Crippen MR) is 87.4 cm³/mol. The van der Waals surface area contributed by atoms with Crippen LogP contribution in [0.5, 0.6) is 0 Å². The van der Waals surface area contributed by atoms with E-state index in [-0.39, 0.29) is 0 Å². The van der Waals surface area contributed by atoms with Crippen molar-refractivity contribution in [3.05, 3.63) is 40.7 Å². The Morgan fingerprint density at radius 2 is 2.00 bits per heavy atom. The molecule has 1 aliphatic carbocycles. The van der Waals surface area contributed by atoms with Crippen molar-refractivity contribution in [3.63, 3.8) is 0 Å². The maximum Gasteiger partial charge on any atom is 0.0675 e. The van der Waals surface area contributed by atoms with E-state index in [2.05, 4.69) is 61.0 Å². The fourth-order valence-corrected chi connectivity index (χ4v) is 3.06. The van der Waals surface area contributed by atoms with Gasteiger partial charge in [0.25, 0.3) is 0 Å². The summed E-state index contributed by atoms with van der Waals surface area (Å²) >= 11 is 0. The molecule has 1 aromatic carbocycles. The van der Waals surface area contributed by atoms with Gasteiger partial charge in [0.05, 0.1) is 5.69 Å². The molecule has 1 saturated carbocycles. The van der Waals surface area contributed by atoms with Gasteiger partial charge in [0, 0.05) is 30.4 Å². The zero-order valence-corrected chi connectivity index (χ0v) is 13.5. The summed E-state index contributed by atoms with van der Waals surface area (Å²) in [6.07, 6.45) is 2.68. The van der Waals surface area contributed by atoms with E-state index < -0.39 is 0 Å². The molecule has 0 unspecified atom stereocenters. The van der Waals surface area contributed by atoms with Crippen LogP contribution in [0.2, 0.25) is 0 Å². The zero-order valence-electron chi connectivity index (χ0n) is 13.5. The van der Waals surface area contributed by atoms with Crippen molar-refractivity contribution >= 4 is 0 Å². The Morgan fingerprint density at radius 1 is 1.24 bits per heavy atom. The van der Waals surface area contributed by atoms with Crippen LogP contribution in [0.15, 0.2) is 18.2 Å². The Balaban J connectivity index is 1.89. The lowest BCUT2D eigenvalue weighted by Crippen LogP contribution is -2.15. The number of aryl methyl sites for hydroxylation is 3. The van der Waals surface area contributed by atoms with Gasteiger partial charge in [0.15, 0.2) is 0 Å². The van der Waals surface area contributed by atoms with E-state index in [1.165, 1.54) is 40.8 Å². The second-order valence-electron chi connectivity index (χ2n) is 6.17. The van der Waals surface area contributed by atoms with Crippen molar-refractivity contribution in [2.45, 2.75) is 59.7 Å². The van der Waals surface area contributed by atoms with Crippen LogP contribution in [0, 0.1) is 20.8 Å². The van der Waals surface area contributed by atoms with Gasteiger partial charge in [-0.3, -0.25) is 4.68 Å². The Bertz CT molecular complexity index is 651. The number of aromatic nitrogens is 2. The third-order valence-electron chi connectivity index (χ3n) is 4.41. The standard InChI is InChI=1S/C18H25N3/c1-5-21-14(4)18(13(3)20-21)17-9-6-15(10-12(17)2)11-19-16-7-8-16/h6,9-10,16,19H,5,7-8,11H2,1-4H3. The molecule has 1 fully saturated rings. The molecule has 0 bridgehead atoms. The van der Waals surface area contributed by atoms with E-state index in [9.17, 15) is 0 Å². The van der Waals surface area contributed by atoms with Gasteiger partial charge >= 0.3 is 0 Å². The molecule has 0 radical (unpaired) electrons. The lowest BCUT2D eigenvalue weighted by atomic mass is 9.97. The van der Waals surface area contributed by atoms with Gasteiger partial charge in [0.1, 0.15) is 0 Å². The van der Waals surface area contributed by atoms with Gasteiger partial charge < -0.3 is 5.32 Å². The summed E-state index contributed by atoms with van der Waals surface area (Å²) in [6, 6.07) is 7.58. The van der Waals surface area contributed by atoms with Crippen LogP contribution in [0.25, 0.3) is 11.1 Å². The van der Waals surface area contributed by atoms with Crippen LogP contribution in [0.3, 0.4) is 0 Å². The van der Waals surface area contributed by atoms with Crippen LogP contribution in [-0.2, 0) is 13.1 Å². The average molecular weight is 283 g/mol. The second-order valence-corrected chi connectivity index (χ2v) is 6.17. The Hall–Kier alpha value is -1.61. The third kappa shape index (κ3) is 2.88. The molecule has 3 rings (SSSR count). The van der Waals surface area contributed by atoms with Crippen molar-refractivity contribution < 1.29 is 0 Å². The van der Waals surface area contributed by atoms with E-state index in [0.29, 0.717) is 0 Å². The van der Waals surface area contributed by atoms with Crippen LogP contribution >= 0.6 is 0 Å². The summed E-state index contributed by atoms with van der Waals surface area (Å²) in [5, 5.41) is 8.22. The highest BCUT2D eigenvalue weighted by atomic mass is 15.3. The van der Waals surface area contributed by atoms with Crippen molar-refractivity contribution in [1.82, 2.24) is 15.1 Å². The molecule has 2 aromatic rings. The highest BCUT2D eigenvalue weighted by Crippen LogP contribution is 2.30. The average Bonchev–Trinajstić information content (AvgIpc) is 3.24. The van der Waals surface area contributed by atoms with Crippen LogP contribution in [0.4, 0.5) is 0 Å². The zero-order chi connectivity index (χ0) is 15.0. The number of hydrogen-bond acceptors (Lipinski definition) is 2. The Labute approximate surface area is 127 Å². The third-order valence-corrected chi connectivity index (χ3v) is 4.41. The maximum absolute atomic E-state index is 4.64. The van der Waals surface area contributed by atoms with Gasteiger partial charge in [-0.15, -0.1) is 0 Å². The minimum atomic E-state index is 0.761. The highest BCUT2D eigenvalue weighted by molar-refractivity contribution is 5.72. The monoisotopic (exact) mass is 283 g/mol. The van der Waals surface area contributed by atoms with E-state index >= 15 is 0 Å². The molecule has 0 atom stereocenters. The topological polar surface area (TPSA) is 29.9 Å². The first kappa shape index (κ1) is 14.3. The number of nitrogens with one attached hydrogen (secondary N) is 1. The minimum absolute atomic E-state index is 0.761. The Kier molecular flexibility index (Phi) is 3.85. The number of hydrogen-bond donors (Lipinski definition) is 1. The van der Waals surface area contributed by atoms with Crippen LogP contribution in [-0.4, -0.2) is 15.8 Å². The molecular formula is C18H25N3. The summed E-state index contributed by atoms with van der Waals surface area (Å²) < 4.78 is 2.09. The normalized spacial score (nSPS) is 14.7. The molecule has 0 aliphatic heterocycles. The van der Waals surface area contributed by atoms with Gasteiger partial charge in [-0.25, -0.2) is 0 Å². The van der Waals surface area contributed by atoms with Crippen LogP contribution < -0.4 is 5.32 Å². The molecule has 21 heavy (non-hydrogen) atoms. The number of nitrogens with zero attached hydrogens (tertiary/aromatic N) is 2. The van der Waals surface area contributed by atoms with Gasteiger partial charge in [0.2, 0.25) is 0 Å². The predicted octanol–water partition coefficient (Wildman–Crippen LogP) is 3.75. The molecule has 1 heterocycles. The lowest BCUT2D eigenvalue weighted by molar-refractivity contribution is 0.634. The quantitative estimate of drug-likeness (QED) is 0.905. The first-order chi connectivity index (χ1) is 10.1. The molecule has 1 aromatic heterocycles. The molecule has 1 aliphatic rings. The molecule has 3 nitrogen and oxygen atoms in total. The number of rotatable bonds is 5. The van der Waals surface area contributed by atoms with Gasteiger partial charge in [-0.1, -0.05) is 18.2 Å². The molecule has 1 N–H and O–H groups in total. The van der Waals surface area contributed by atoms with E-state index in [0.717, 1.165) is 24.8 Å². The first-order valence-electron chi connectivity index (χ1n) is 7.97. The van der Waals surface area contributed by atoms with Crippen molar-refractivity contribution in [1.29, 1.82) is 0 Å². The summed E-state index contributed by atoms with van der Waals surface area (Å²) in [5.74, 6) is 0. The Morgan fingerprint density at radius 3 is 2.57 bits per heavy atom. The first-order valence-corrected chi connectivity index (χ1v) is 7.97. The molecule has 3 heteroatoms. The smallest absolute Gasteiger partial charge is 0.0675 e. The largest absolute Gasteiger partial charge is 0.310 e. The van der Waals surface area contributed by atoms with Crippen molar-refractivity contribution in [3.8, 4) is 11.1 Å². The summed E-state index contributed by atoms with van der Waals surface area (Å²) in [4.78, 5) is 0. The maximum atomic E-state index is 4.64. The summed E-state index contributed by atoms with van der Waals surface area (Å²) in [5.41, 5.74) is 7.73. The fraction of sp³-hybridized carbons (Fsp3) is 0.500. The molecule has 0 saturated heterocycles. The molecule has 0 spiro atoms. The van der Waals surface area contributed by atoms with E-state index in [4.69, 9.17) is 0 Å². The highest BCUT2D eigenvalue weighted by Gasteiger charge is 2.20. The fourth-order valence-electron chi connectivity index (χ4n) is 3.06. The van der Waals surface area contributed by atoms with Gasteiger partial charge in [-0.2, -0.15) is 5.10 Å². The second kappa shape index (κ2) is 5.64. The summed E-state index contributed by atoms with van der Waals surface area (Å²) in [6.45, 7) is 10.5. The summed E-state index contributed by atoms with van der Waals surface area (Å²) in [7, 11) is 0. The molecule has 112 valence electrons. The number of benzene rings is 1. The van der Waals surface area contributed by atoms with Gasteiger partial charge in [-0.05, 0) is 57.2 Å². The SMILES string of the molecule is CCn1nc(C)c(-c2ccc(CNC3CC3)cc2C)c1C. The van der Waals surface area contributed by atoms with E-state index in [1.807, 2.05) is 0 Å². The van der Waals surface area contributed by atoms with E-state index in [1.54, 1.807) is 0 Å². The minimum Gasteiger partial charge on any atom is -0.310 e. The van der Waals surface area contributed by atoms with Crippen molar-refractivity contribution in [2.24, 2.45) is 0 Å². The molecule has 0 amide bonds. The lowest BCUT2D eigenvalue weighted by Gasteiger charge is -2.10. The molecular weight excluding hydrogens is 258 g/mol. The van der Waals surface area contributed by atoms with Crippen LogP contribution in [0.1, 0.15) is 42.3 Å². The van der Waals surface area contributed by atoms with Crippen molar-refractivity contribution in [2.75, 3.05) is 0 Å².